The third kappa shape index (κ3) is 3.79. The van der Waals surface area contributed by atoms with E-state index in [0.717, 1.165) is 17.6 Å². The fraction of sp³-hybridized carbons (Fsp3) is 0.300. The van der Waals surface area contributed by atoms with Gasteiger partial charge in [-0.3, -0.25) is 4.79 Å². The standard InChI is InChI=1S/C20H21N3O4S/c24-20(16-5-8-19-21-9-10-23(19)13-16)22-12-15-3-6-17(7-4-15)28(25,26)18-2-1-11-27-14-18/h3-10,13,18H,1-2,11-12,14H2,(H,22,24). The van der Waals surface area contributed by atoms with Gasteiger partial charge >= 0.3 is 0 Å². The first kappa shape index (κ1) is 18.6. The van der Waals surface area contributed by atoms with Crippen LogP contribution in [0.2, 0.25) is 0 Å². The second-order valence-electron chi connectivity index (χ2n) is 6.82. The van der Waals surface area contributed by atoms with E-state index in [2.05, 4.69) is 10.3 Å². The summed E-state index contributed by atoms with van der Waals surface area (Å²) in [6, 6.07) is 10.2. The molecule has 0 bridgehead atoms. The van der Waals surface area contributed by atoms with Gasteiger partial charge in [0.1, 0.15) is 5.65 Å². The van der Waals surface area contributed by atoms with Crippen LogP contribution in [-0.2, 0) is 21.1 Å². The van der Waals surface area contributed by atoms with Gasteiger partial charge in [-0.15, -0.1) is 0 Å². The van der Waals surface area contributed by atoms with Crippen LogP contribution in [0.4, 0.5) is 0 Å². The van der Waals surface area contributed by atoms with Crippen LogP contribution in [0.1, 0.15) is 28.8 Å². The third-order valence-electron chi connectivity index (χ3n) is 4.91. The minimum absolute atomic E-state index is 0.202. The number of rotatable bonds is 5. The molecule has 0 spiro atoms. The van der Waals surface area contributed by atoms with Crippen molar-refractivity contribution in [3.8, 4) is 0 Å². The van der Waals surface area contributed by atoms with Gasteiger partial charge in [-0.05, 0) is 42.7 Å². The van der Waals surface area contributed by atoms with Gasteiger partial charge in [0, 0.05) is 31.7 Å². The van der Waals surface area contributed by atoms with E-state index in [1.165, 1.54) is 0 Å². The first-order chi connectivity index (χ1) is 13.5. The SMILES string of the molecule is O=C(NCc1ccc(S(=O)(=O)C2CCCOC2)cc1)c1ccc2nccn2c1. The summed E-state index contributed by atoms with van der Waals surface area (Å²) in [5.41, 5.74) is 2.13. The number of pyridine rings is 1. The molecule has 28 heavy (non-hydrogen) atoms. The number of carbonyl (C=O) groups excluding carboxylic acids is 1. The Bertz CT molecular complexity index is 1080. The number of amides is 1. The van der Waals surface area contributed by atoms with E-state index in [1.54, 1.807) is 59.4 Å². The van der Waals surface area contributed by atoms with Crippen molar-refractivity contribution in [3.05, 3.63) is 66.1 Å². The molecule has 3 aromatic rings. The molecule has 0 aliphatic carbocycles. The van der Waals surface area contributed by atoms with Crippen molar-refractivity contribution in [2.45, 2.75) is 29.5 Å². The molecule has 1 aromatic carbocycles. The predicted molar refractivity (Wildman–Crippen MR) is 104 cm³/mol. The number of hydrogen-bond acceptors (Lipinski definition) is 5. The van der Waals surface area contributed by atoms with E-state index in [4.69, 9.17) is 4.74 Å². The molecule has 1 atom stereocenters. The highest BCUT2D eigenvalue weighted by atomic mass is 32.2. The zero-order valence-electron chi connectivity index (χ0n) is 15.2. The lowest BCUT2D eigenvalue weighted by Crippen LogP contribution is -2.31. The van der Waals surface area contributed by atoms with Crippen LogP contribution in [0, 0.1) is 0 Å². The summed E-state index contributed by atoms with van der Waals surface area (Å²) in [4.78, 5) is 16.8. The van der Waals surface area contributed by atoms with Gasteiger partial charge in [-0.25, -0.2) is 13.4 Å². The lowest BCUT2D eigenvalue weighted by molar-refractivity contribution is 0.0950. The zero-order chi connectivity index (χ0) is 19.6. The number of sulfone groups is 1. The number of hydrogen-bond donors (Lipinski definition) is 1. The highest BCUT2D eigenvalue weighted by Gasteiger charge is 2.29. The molecule has 0 radical (unpaired) electrons. The summed E-state index contributed by atoms with van der Waals surface area (Å²) >= 11 is 0. The van der Waals surface area contributed by atoms with Gasteiger partial charge in [-0.2, -0.15) is 0 Å². The normalized spacial score (nSPS) is 17.5. The molecule has 1 saturated heterocycles. The Hall–Kier alpha value is -2.71. The molecule has 7 nitrogen and oxygen atoms in total. The topological polar surface area (TPSA) is 89.8 Å². The molecule has 4 rings (SSSR count). The summed E-state index contributed by atoms with van der Waals surface area (Å²) in [5.74, 6) is -0.202. The molecule has 3 heterocycles. The number of ether oxygens (including phenoxy) is 1. The molecule has 0 saturated carbocycles. The predicted octanol–water partition coefficient (Wildman–Crippen LogP) is 2.22. The van der Waals surface area contributed by atoms with Crippen molar-refractivity contribution in [1.29, 1.82) is 0 Å². The van der Waals surface area contributed by atoms with Gasteiger partial charge in [0.25, 0.3) is 5.91 Å². The first-order valence-corrected chi connectivity index (χ1v) is 10.7. The van der Waals surface area contributed by atoms with E-state index in [9.17, 15) is 13.2 Å². The molecule has 1 aliphatic rings. The van der Waals surface area contributed by atoms with Crippen LogP contribution < -0.4 is 5.32 Å². The van der Waals surface area contributed by atoms with Gasteiger partial charge < -0.3 is 14.5 Å². The summed E-state index contributed by atoms with van der Waals surface area (Å²) in [6.45, 7) is 1.19. The lowest BCUT2D eigenvalue weighted by atomic mass is 10.2. The molecule has 1 unspecified atom stereocenters. The maximum absolute atomic E-state index is 12.7. The van der Waals surface area contributed by atoms with Crippen LogP contribution >= 0.6 is 0 Å². The average Bonchev–Trinajstić information content (AvgIpc) is 3.21. The van der Waals surface area contributed by atoms with Crippen molar-refractivity contribution in [1.82, 2.24) is 14.7 Å². The number of aromatic nitrogens is 2. The highest BCUT2D eigenvalue weighted by molar-refractivity contribution is 7.92. The van der Waals surface area contributed by atoms with Crippen LogP contribution in [0.5, 0.6) is 0 Å². The number of nitrogens with one attached hydrogen (secondary N) is 1. The fourth-order valence-electron chi connectivity index (χ4n) is 3.28. The van der Waals surface area contributed by atoms with Crippen molar-refractivity contribution in [2.24, 2.45) is 0 Å². The van der Waals surface area contributed by atoms with Crippen molar-refractivity contribution < 1.29 is 17.9 Å². The number of carbonyl (C=O) groups is 1. The minimum Gasteiger partial charge on any atom is -0.380 e. The monoisotopic (exact) mass is 399 g/mol. The fourth-order valence-corrected chi connectivity index (χ4v) is 4.94. The lowest BCUT2D eigenvalue weighted by Gasteiger charge is -2.22. The Labute approximate surface area is 163 Å². The molecule has 1 N–H and O–H groups in total. The number of imidazole rings is 1. The third-order valence-corrected chi connectivity index (χ3v) is 7.09. The van der Waals surface area contributed by atoms with Gasteiger partial charge in [0.2, 0.25) is 0 Å². The molecule has 146 valence electrons. The number of nitrogens with zero attached hydrogens (tertiary/aromatic N) is 2. The molecule has 1 fully saturated rings. The Morgan fingerprint density at radius 2 is 2.04 bits per heavy atom. The van der Waals surface area contributed by atoms with Gasteiger partial charge in [-0.1, -0.05) is 12.1 Å². The van der Waals surface area contributed by atoms with E-state index < -0.39 is 15.1 Å². The molecule has 1 amide bonds. The highest BCUT2D eigenvalue weighted by Crippen LogP contribution is 2.23. The van der Waals surface area contributed by atoms with Crippen molar-refractivity contribution in [2.75, 3.05) is 13.2 Å². The Kier molecular flexibility index (Phi) is 5.15. The van der Waals surface area contributed by atoms with E-state index >= 15 is 0 Å². The summed E-state index contributed by atoms with van der Waals surface area (Å²) in [6.07, 6.45) is 6.56. The zero-order valence-corrected chi connectivity index (χ0v) is 16.1. The number of benzene rings is 1. The summed E-state index contributed by atoms with van der Waals surface area (Å²) in [5, 5.41) is 2.37. The molecular formula is C20H21N3O4S. The van der Waals surface area contributed by atoms with Gasteiger partial charge in [0.05, 0.1) is 22.3 Å². The van der Waals surface area contributed by atoms with Crippen LogP contribution in [0.25, 0.3) is 5.65 Å². The first-order valence-electron chi connectivity index (χ1n) is 9.15. The van der Waals surface area contributed by atoms with E-state index in [1.807, 2.05) is 0 Å². The minimum atomic E-state index is -3.39. The van der Waals surface area contributed by atoms with Gasteiger partial charge in [0.15, 0.2) is 9.84 Å². The number of fused-ring (bicyclic) bond motifs is 1. The molecule has 1 aliphatic heterocycles. The van der Waals surface area contributed by atoms with E-state index in [-0.39, 0.29) is 12.5 Å². The molecule has 2 aromatic heterocycles. The average molecular weight is 399 g/mol. The smallest absolute Gasteiger partial charge is 0.253 e. The Balaban J connectivity index is 1.40. The van der Waals surface area contributed by atoms with Crippen LogP contribution in [-0.4, -0.2) is 42.2 Å². The largest absolute Gasteiger partial charge is 0.380 e. The van der Waals surface area contributed by atoms with Crippen molar-refractivity contribution in [3.63, 3.8) is 0 Å². The summed E-state index contributed by atoms with van der Waals surface area (Å²) < 4.78 is 32.4. The maximum atomic E-state index is 12.7. The van der Waals surface area contributed by atoms with E-state index in [0.29, 0.717) is 30.0 Å². The quantitative estimate of drug-likeness (QED) is 0.711. The second kappa shape index (κ2) is 7.73. The van der Waals surface area contributed by atoms with Crippen molar-refractivity contribution >= 4 is 21.4 Å². The van der Waals surface area contributed by atoms with Crippen LogP contribution in [0.3, 0.4) is 0 Å². The second-order valence-corrected chi connectivity index (χ2v) is 9.05. The maximum Gasteiger partial charge on any atom is 0.253 e. The van der Waals surface area contributed by atoms with Crippen LogP contribution in [0.15, 0.2) is 59.9 Å². The molecule has 8 heteroatoms. The molecular weight excluding hydrogens is 378 g/mol. The Morgan fingerprint density at radius 1 is 1.21 bits per heavy atom. The summed E-state index contributed by atoms with van der Waals surface area (Å²) in [7, 11) is -3.39. The Morgan fingerprint density at radius 3 is 2.79 bits per heavy atom.